The molecule has 7 heteroatoms. The molecule has 1 saturated heterocycles. The summed E-state index contributed by atoms with van der Waals surface area (Å²) in [6.45, 7) is 7.26. The molecule has 2 bridgehead atoms. The molecular weight excluding hydrogens is 440 g/mol. The topological polar surface area (TPSA) is 74.8 Å². The largest absolute Gasteiger partial charge is 0.489 e. The van der Waals surface area contributed by atoms with Gasteiger partial charge in [-0.05, 0) is 49.8 Å². The molecule has 0 saturated carbocycles. The minimum absolute atomic E-state index is 0.0777. The number of aromatic nitrogens is 1. The van der Waals surface area contributed by atoms with Gasteiger partial charge in [0, 0.05) is 56.6 Å². The molecule has 1 fully saturated rings. The molecular formula is C28H36N4O3. The summed E-state index contributed by atoms with van der Waals surface area (Å²) in [6, 6.07) is 12.1. The Morgan fingerprint density at radius 1 is 1.20 bits per heavy atom. The predicted molar refractivity (Wildman–Crippen MR) is 136 cm³/mol. The minimum Gasteiger partial charge on any atom is -0.489 e. The molecule has 2 aliphatic rings. The van der Waals surface area contributed by atoms with Crippen LogP contribution < -0.4 is 10.1 Å². The average molecular weight is 477 g/mol. The fraction of sp³-hybridized carbons (Fsp3) is 0.464. The second-order valence-corrected chi connectivity index (χ2v) is 9.83. The molecule has 2 atom stereocenters. The molecule has 7 nitrogen and oxygen atoms in total. The summed E-state index contributed by atoms with van der Waals surface area (Å²) in [7, 11) is 0. The van der Waals surface area contributed by atoms with E-state index >= 15 is 0 Å². The van der Waals surface area contributed by atoms with E-state index in [0.29, 0.717) is 45.8 Å². The van der Waals surface area contributed by atoms with E-state index in [2.05, 4.69) is 27.3 Å². The van der Waals surface area contributed by atoms with Crippen LogP contribution in [0.4, 0.5) is 0 Å². The maximum Gasteiger partial charge on any atom is 0.236 e. The summed E-state index contributed by atoms with van der Waals surface area (Å²) in [5.74, 6) is 1.36. The van der Waals surface area contributed by atoms with Gasteiger partial charge in [-0.3, -0.25) is 19.5 Å². The summed E-state index contributed by atoms with van der Waals surface area (Å²) in [5, 5.41) is 3.01. The summed E-state index contributed by atoms with van der Waals surface area (Å²) < 4.78 is 6.13. The first-order valence-corrected chi connectivity index (χ1v) is 12.5. The van der Waals surface area contributed by atoms with E-state index in [-0.39, 0.29) is 29.7 Å². The Bertz CT molecular complexity index is 1020. The van der Waals surface area contributed by atoms with E-state index < -0.39 is 0 Å². The molecule has 1 aromatic heterocycles. The molecule has 35 heavy (non-hydrogen) atoms. The molecule has 1 N–H and O–H groups in total. The van der Waals surface area contributed by atoms with Crippen LogP contribution in [-0.2, 0) is 22.7 Å². The summed E-state index contributed by atoms with van der Waals surface area (Å²) in [6.07, 6.45) is 9.08. The van der Waals surface area contributed by atoms with Crippen molar-refractivity contribution >= 4 is 11.8 Å². The Kier molecular flexibility index (Phi) is 8.53. The first-order valence-electron chi connectivity index (χ1n) is 12.5. The molecule has 0 aliphatic carbocycles. The molecule has 186 valence electrons. The van der Waals surface area contributed by atoms with Crippen molar-refractivity contribution in [3.8, 4) is 5.75 Å². The molecule has 2 amide bonds. The lowest BCUT2D eigenvalue weighted by atomic mass is 9.82. The van der Waals surface area contributed by atoms with Crippen molar-refractivity contribution in [1.29, 1.82) is 0 Å². The first kappa shape index (κ1) is 24.9. The van der Waals surface area contributed by atoms with Gasteiger partial charge in [0.1, 0.15) is 12.4 Å². The van der Waals surface area contributed by atoms with Gasteiger partial charge < -0.3 is 15.0 Å². The van der Waals surface area contributed by atoms with Crippen LogP contribution in [0.1, 0.15) is 37.8 Å². The minimum atomic E-state index is 0.0777. The third-order valence-corrected chi connectivity index (χ3v) is 6.63. The Hall–Kier alpha value is -3.19. The predicted octanol–water partition coefficient (Wildman–Crippen LogP) is 3.41. The van der Waals surface area contributed by atoms with E-state index in [9.17, 15) is 9.59 Å². The number of nitrogens with one attached hydrogen (secondary N) is 1. The summed E-state index contributed by atoms with van der Waals surface area (Å²) in [5.41, 5.74) is 2.12. The molecule has 1 aromatic carbocycles. The molecule has 3 heterocycles. The van der Waals surface area contributed by atoms with Crippen molar-refractivity contribution < 1.29 is 14.3 Å². The molecule has 2 aliphatic heterocycles. The van der Waals surface area contributed by atoms with Crippen molar-refractivity contribution in [3.63, 3.8) is 0 Å². The number of para-hydroxylation sites is 1. The van der Waals surface area contributed by atoms with Crippen LogP contribution in [0, 0.1) is 11.8 Å². The number of amides is 2. The highest BCUT2D eigenvalue weighted by atomic mass is 16.5. The highest BCUT2D eigenvalue weighted by molar-refractivity contribution is 5.79. The summed E-state index contributed by atoms with van der Waals surface area (Å²) in [4.78, 5) is 34.3. The van der Waals surface area contributed by atoms with E-state index in [0.717, 1.165) is 23.3 Å². The standard InChI is InChI=1S/C28H36N4O3/c1-21(2)30-27(33)15-23-11-13-32-19-24(23)9-6-14-35-26-10-4-3-8-25(26)18-31(20-28(32)34)17-22-7-5-12-29-16-22/h3-10,12,16,21,23-24H,11,13-15,17-20H2,1-2H3,(H,30,33)/t23-,24-/m0/s1. The number of nitrogens with zero attached hydrogens (tertiary/aromatic N) is 3. The Labute approximate surface area is 208 Å². The maximum absolute atomic E-state index is 13.4. The van der Waals surface area contributed by atoms with Crippen LogP contribution in [-0.4, -0.2) is 58.9 Å². The van der Waals surface area contributed by atoms with Crippen LogP contribution in [0.3, 0.4) is 0 Å². The zero-order valence-electron chi connectivity index (χ0n) is 20.7. The van der Waals surface area contributed by atoms with Gasteiger partial charge in [0.15, 0.2) is 0 Å². The van der Waals surface area contributed by atoms with Gasteiger partial charge in [0.25, 0.3) is 0 Å². The maximum atomic E-state index is 13.4. The molecule has 4 rings (SSSR count). The van der Waals surface area contributed by atoms with E-state index in [1.54, 1.807) is 6.20 Å². The number of ether oxygens (including phenoxy) is 1. The zero-order valence-corrected chi connectivity index (χ0v) is 20.7. The zero-order chi connectivity index (χ0) is 24.6. The third kappa shape index (κ3) is 7.15. The molecule has 0 radical (unpaired) electrons. The number of carbonyl (C=O) groups excluding carboxylic acids is 2. The van der Waals surface area contributed by atoms with Crippen LogP contribution in [0.25, 0.3) is 0 Å². The smallest absolute Gasteiger partial charge is 0.236 e. The van der Waals surface area contributed by atoms with Crippen molar-refractivity contribution in [1.82, 2.24) is 20.1 Å². The van der Waals surface area contributed by atoms with Gasteiger partial charge in [-0.2, -0.15) is 0 Å². The Morgan fingerprint density at radius 3 is 2.86 bits per heavy atom. The van der Waals surface area contributed by atoms with Crippen LogP contribution >= 0.6 is 0 Å². The number of piperidine rings is 1. The van der Waals surface area contributed by atoms with Crippen molar-refractivity contribution in [2.75, 3.05) is 26.2 Å². The quantitative estimate of drug-likeness (QED) is 0.670. The number of hydrogen-bond donors (Lipinski definition) is 1. The van der Waals surface area contributed by atoms with Gasteiger partial charge in [0.05, 0.1) is 6.54 Å². The highest BCUT2D eigenvalue weighted by Gasteiger charge is 2.32. The van der Waals surface area contributed by atoms with E-state index in [4.69, 9.17) is 4.74 Å². The van der Waals surface area contributed by atoms with Crippen molar-refractivity contribution in [3.05, 3.63) is 72.1 Å². The van der Waals surface area contributed by atoms with Crippen LogP contribution in [0.15, 0.2) is 60.9 Å². The number of hydrogen-bond acceptors (Lipinski definition) is 5. The molecule has 0 spiro atoms. The van der Waals surface area contributed by atoms with Gasteiger partial charge in [-0.15, -0.1) is 0 Å². The lowest BCUT2D eigenvalue weighted by Gasteiger charge is -2.38. The first-order chi connectivity index (χ1) is 17.0. The van der Waals surface area contributed by atoms with E-state index in [1.807, 2.05) is 61.4 Å². The van der Waals surface area contributed by atoms with E-state index in [1.165, 1.54) is 0 Å². The Morgan fingerprint density at radius 2 is 2.06 bits per heavy atom. The third-order valence-electron chi connectivity index (χ3n) is 6.63. The molecule has 0 unspecified atom stereocenters. The normalized spacial score (nSPS) is 21.3. The van der Waals surface area contributed by atoms with Crippen LogP contribution in [0.5, 0.6) is 5.75 Å². The average Bonchev–Trinajstić information content (AvgIpc) is 2.84. The lowest BCUT2D eigenvalue weighted by molar-refractivity contribution is -0.135. The van der Waals surface area contributed by atoms with Crippen molar-refractivity contribution in [2.45, 2.75) is 45.8 Å². The van der Waals surface area contributed by atoms with Crippen molar-refractivity contribution in [2.24, 2.45) is 11.8 Å². The fourth-order valence-corrected chi connectivity index (χ4v) is 4.94. The summed E-state index contributed by atoms with van der Waals surface area (Å²) >= 11 is 0. The Balaban J connectivity index is 1.55. The highest BCUT2D eigenvalue weighted by Crippen LogP contribution is 2.29. The second-order valence-electron chi connectivity index (χ2n) is 9.83. The number of rotatable bonds is 5. The fourth-order valence-electron chi connectivity index (χ4n) is 4.94. The van der Waals surface area contributed by atoms with Gasteiger partial charge in [-0.25, -0.2) is 0 Å². The number of pyridine rings is 1. The molecule has 2 aromatic rings. The second kappa shape index (κ2) is 12.0. The van der Waals surface area contributed by atoms with Gasteiger partial charge >= 0.3 is 0 Å². The lowest BCUT2D eigenvalue weighted by Crippen LogP contribution is -2.48. The van der Waals surface area contributed by atoms with Gasteiger partial charge in [0.2, 0.25) is 11.8 Å². The van der Waals surface area contributed by atoms with Crippen LogP contribution in [0.2, 0.25) is 0 Å². The number of carbonyl (C=O) groups is 2. The number of fused-ring (bicyclic) bond motifs is 3. The monoisotopic (exact) mass is 476 g/mol. The SMILES string of the molecule is CC(C)NC(=O)C[C@@H]1CCN2C[C@@H]1C=CCOc1ccccc1CN(Cc1cccnc1)CC2=O. The number of benzene rings is 1. The van der Waals surface area contributed by atoms with Gasteiger partial charge in [-0.1, -0.05) is 36.4 Å².